The number of carbonyl (C=O) groups excluding carboxylic acids is 1. The zero-order valence-electron chi connectivity index (χ0n) is 12.6. The quantitative estimate of drug-likeness (QED) is 0.787. The van der Waals surface area contributed by atoms with Gasteiger partial charge in [0.15, 0.2) is 0 Å². The van der Waals surface area contributed by atoms with Crippen LogP contribution in [0.5, 0.6) is 0 Å². The van der Waals surface area contributed by atoms with Crippen LogP contribution < -0.4 is 10.6 Å². The summed E-state index contributed by atoms with van der Waals surface area (Å²) >= 11 is 0. The second-order valence-electron chi connectivity index (χ2n) is 6.38. The van der Waals surface area contributed by atoms with Crippen LogP contribution in [0.4, 0.5) is 0 Å². The van der Waals surface area contributed by atoms with E-state index in [1.165, 1.54) is 25.8 Å². The summed E-state index contributed by atoms with van der Waals surface area (Å²) in [6, 6.07) is 1.11. The molecule has 4 heteroatoms. The summed E-state index contributed by atoms with van der Waals surface area (Å²) in [5, 5.41) is 6.37. The number of carbonyl (C=O) groups is 1. The molecule has 0 aliphatic carbocycles. The monoisotopic (exact) mass is 267 g/mol. The van der Waals surface area contributed by atoms with Gasteiger partial charge in [0.2, 0.25) is 5.91 Å². The third-order valence-corrected chi connectivity index (χ3v) is 4.93. The van der Waals surface area contributed by atoms with E-state index in [0.717, 1.165) is 19.6 Å². The molecule has 2 fully saturated rings. The van der Waals surface area contributed by atoms with Crippen LogP contribution in [0.2, 0.25) is 0 Å². The summed E-state index contributed by atoms with van der Waals surface area (Å²) in [6.45, 7) is 10.5. The van der Waals surface area contributed by atoms with Gasteiger partial charge in [-0.05, 0) is 52.2 Å². The summed E-state index contributed by atoms with van der Waals surface area (Å²) in [5.41, 5.74) is 0. The Morgan fingerprint density at radius 3 is 2.68 bits per heavy atom. The van der Waals surface area contributed by atoms with Crippen LogP contribution in [0.3, 0.4) is 0 Å². The highest BCUT2D eigenvalue weighted by molar-refractivity contribution is 5.78. The summed E-state index contributed by atoms with van der Waals surface area (Å²) < 4.78 is 0. The average molecular weight is 267 g/mol. The van der Waals surface area contributed by atoms with Crippen molar-refractivity contribution in [2.24, 2.45) is 11.8 Å². The van der Waals surface area contributed by atoms with Crippen molar-refractivity contribution in [3.8, 4) is 0 Å². The molecular weight excluding hydrogens is 238 g/mol. The van der Waals surface area contributed by atoms with Crippen LogP contribution in [0.15, 0.2) is 0 Å². The van der Waals surface area contributed by atoms with E-state index < -0.39 is 0 Å². The number of nitrogens with one attached hydrogen (secondary N) is 2. The van der Waals surface area contributed by atoms with Crippen molar-refractivity contribution >= 4 is 5.91 Å². The predicted molar refractivity (Wildman–Crippen MR) is 78.0 cm³/mol. The Morgan fingerprint density at radius 1 is 1.37 bits per heavy atom. The summed E-state index contributed by atoms with van der Waals surface area (Å²) in [4.78, 5) is 14.6. The number of hydrogen-bond donors (Lipinski definition) is 2. The standard InChI is InChI=1S/C15H29N3O/c1-11-6-4-5-7-18(11)12(2)8-17-15(19)13(3)14-9-16-10-14/h11-14,16H,4-10H2,1-3H3,(H,17,19). The van der Waals surface area contributed by atoms with Crippen LogP contribution in [-0.2, 0) is 4.79 Å². The van der Waals surface area contributed by atoms with Gasteiger partial charge < -0.3 is 10.6 Å². The second-order valence-corrected chi connectivity index (χ2v) is 6.38. The van der Waals surface area contributed by atoms with Gasteiger partial charge >= 0.3 is 0 Å². The Balaban J connectivity index is 1.72. The first-order chi connectivity index (χ1) is 9.09. The molecule has 4 nitrogen and oxygen atoms in total. The lowest BCUT2D eigenvalue weighted by atomic mass is 9.88. The molecular formula is C15H29N3O. The van der Waals surface area contributed by atoms with Gasteiger partial charge in [-0.15, -0.1) is 0 Å². The Hall–Kier alpha value is -0.610. The van der Waals surface area contributed by atoms with Crippen molar-refractivity contribution in [2.75, 3.05) is 26.2 Å². The van der Waals surface area contributed by atoms with E-state index >= 15 is 0 Å². The summed E-state index contributed by atoms with van der Waals surface area (Å²) in [7, 11) is 0. The molecule has 2 aliphatic rings. The predicted octanol–water partition coefficient (Wildman–Crippen LogP) is 1.22. The molecule has 2 saturated heterocycles. The molecule has 0 aromatic heterocycles. The van der Waals surface area contributed by atoms with Crippen molar-refractivity contribution in [3.05, 3.63) is 0 Å². The van der Waals surface area contributed by atoms with Gasteiger partial charge in [0, 0.05) is 24.5 Å². The van der Waals surface area contributed by atoms with E-state index in [-0.39, 0.29) is 11.8 Å². The van der Waals surface area contributed by atoms with Crippen molar-refractivity contribution < 1.29 is 4.79 Å². The minimum atomic E-state index is 0.146. The smallest absolute Gasteiger partial charge is 0.223 e. The van der Waals surface area contributed by atoms with Gasteiger partial charge in [0.1, 0.15) is 0 Å². The molecule has 0 bridgehead atoms. The number of piperidine rings is 1. The van der Waals surface area contributed by atoms with E-state index in [2.05, 4.69) is 36.3 Å². The molecule has 1 amide bonds. The lowest BCUT2D eigenvalue weighted by Gasteiger charge is -2.38. The third-order valence-electron chi connectivity index (χ3n) is 4.93. The number of nitrogens with zero attached hydrogens (tertiary/aromatic N) is 1. The molecule has 2 aliphatic heterocycles. The van der Waals surface area contributed by atoms with E-state index in [9.17, 15) is 4.79 Å². The SMILES string of the molecule is CC(C(=O)NCC(C)N1CCCCC1C)C1CNC1. The van der Waals surface area contributed by atoms with E-state index in [0.29, 0.717) is 18.0 Å². The first kappa shape index (κ1) is 14.8. The third kappa shape index (κ3) is 3.69. The van der Waals surface area contributed by atoms with Crippen molar-refractivity contribution in [1.82, 2.24) is 15.5 Å². The van der Waals surface area contributed by atoms with Crippen LogP contribution in [0.25, 0.3) is 0 Å². The number of rotatable bonds is 5. The van der Waals surface area contributed by atoms with E-state index in [1.807, 2.05) is 0 Å². The van der Waals surface area contributed by atoms with Gasteiger partial charge in [-0.1, -0.05) is 13.3 Å². The van der Waals surface area contributed by atoms with Crippen LogP contribution >= 0.6 is 0 Å². The molecule has 2 rings (SSSR count). The summed E-state index contributed by atoms with van der Waals surface area (Å²) in [5.74, 6) is 0.902. The van der Waals surface area contributed by atoms with Crippen molar-refractivity contribution in [1.29, 1.82) is 0 Å². The molecule has 19 heavy (non-hydrogen) atoms. The fourth-order valence-corrected chi connectivity index (χ4v) is 3.18. The Morgan fingerprint density at radius 2 is 2.11 bits per heavy atom. The second kappa shape index (κ2) is 6.71. The molecule has 0 radical (unpaired) electrons. The van der Waals surface area contributed by atoms with Gasteiger partial charge in [0.25, 0.3) is 0 Å². The normalized spacial score (nSPS) is 28.5. The maximum atomic E-state index is 12.1. The highest BCUT2D eigenvalue weighted by Crippen LogP contribution is 2.19. The lowest BCUT2D eigenvalue weighted by molar-refractivity contribution is -0.127. The Labute approximate surface area is 117 Å². The Bertz CT molecular complexity index is 304. The maximum absolute atomic E-state index is 12.1. The molecule has 2 N–H and O–H groups in total. The zero-order chi connectivity index (χ0) is 13.8. The number of hydrogen-bond acceptors (Lipinski definition) is 3. The highest BCUT2D eigenvalue weighted by Gasteiger charge is 2.29. The first-order valence-electron chi connectivity index (χ1n) is 7.83. The van der Waals surface area contributed by atoms with Crippen LogP contribution in [-0.4, -0.2) is 49.1 Å². The number of likely N-dealkylation sites (tertiary alicyclic amines) is 1. The van der Waals surface area contributed by atoms with E-state index in [1.54, 1.807) is 0 Å². The van der Waals surface area contributed by atoms with E-state index in [4.69, 9.17) is 0 Å². The maximum Gasteiger partial charge on any atom is 0.223 e. The minimum Gasteiger partial charge on any atom is -0.354 e. The molecule has 0 aromatic carbocycles. The topological polar surface area (TPSA) is 44.4 Å². The Kier molecular flexibility index (Phi) is 5.22. The molecule has 2 heterocycles. The molecule has 110 valence electrons. The average Bonchev–Trinajstić information content (AvgIpc) is 2.34. The molecule has 3 atom stereocenters. The first-order valence-corrected chi connectivity index (χ1v) is 7.83. The minimum absolute atomic E-state index is 0.146. The van der Waals surface area contributed by atoms with Crippen LogP contribution in [0, 0.1) is 11.8 Å². The largest absolute Gasteiger partial charge is 0.354 e. The number of amides is 1. The fourth-order valence-electron chi connectivity index (χ4n) is 3.18. The van der Waals surface area contributed by atoms with Crippen molar-refractivity contribution in [2.45, 2.75) is 52.1 Å². The van der Waals surface area contributed by atoms with Gasteiger partial charge in [-0.25, -0.2) is 0 Å². The van der Waals surface area contributed by atoms with Gasteiger partial charge in [-0.2, -0.15) is 0 Å². The highest BCUT2D eigenvalue weighted by atomic mass is 16.1. The van der Waals surface area contributed by atoms with Gasteiger partial charge in [0.05, 0.1) is 0 Å². The summed E-state index contributed by atoms with van der Waals surface area (Å²) in [6.07, 6.45) is 3.94. The zero-order valence-corrected chi connectivity index (χ0v) is 12.6. The molecule has 0 aromatic rings. The van der Waals surface area contributed by atoms with Crippen molar-refractivity contribution in [3.63, 3.8) is 0 Å². The van der Waals surface area contributed by atoms with Crippen LogP contribution in [0.1, 0.15) is 40.0 Å². The molecule has 0 spiro atoms. The fraction of sp³-hybridized carbons (Fsp3) is 0.933. The lowest BCUT2D eigenvalue weighted by Crippen LogP contribution is -2.52. The molecule has 3 unspecified atom stereocenters. The molecule has 0 saturated carbocycles. The van der Waals surface area contributed by atoms with Gasteiger partial charge in [-0.3, -0.25) is 9.69 Å².